The summed E-state index contributed by atoms with van der Waals surface area (Å²) in [5.74, 6) is 1.45. The van der Waals surface area contributed by atoms with E-state index in [1.165, 1.54) is 0 Å². The minimum atomic E-state index is -0.501. The molecule has 0 bridgehead atoms. The minimum Gasteiger partial charge on any atom is -0.450 e. The maximum absolute atomic E-state index is 6.01. The summed E-state index contributed by atoms with van der Waals surface area (Å²) in [6, 6.07) is 11.3. The summed E-state index contributed by atoms with van der Waals surface area (Å²) >= 11 is 6.01. The monoisotopic (exact) mass is 382 g/mol. The van der Waals surface area contributed by atoms with Crippen molar-refractivity contribution >= 4 is 11.6 Å². The van der Waals surface area contributed by atoms with E-state index in [0.29, 0.717) is 28.6 Å². The average Bonchev–Trinajstić information content (AvgIpc) is 3.31. The van der Waals surface area contributed by atoms with Crippen LogP contribution >= 0.6 is 11.6 Å². The van der Waals surface area contributed by atoms with Crippen LogP contribution in [-0.4, -0.2) is 29.9 Å². The molecule has 3 aromatic heterocycles. The van der Waals surface area contributed by atoms with Crippen molar-refractivity contribution < 1.29 is 9.26 Å². The van der Waals surface area contributed by atoms with Gasteiger partial charge in [-0.3, -0.25) is 9.55 Å². The molecule has 0 fully saturated rings. The van der Waals surface area contributed by atoms with Gasteiger partial charge < -0.3 is 9.26 Å². The molecular weight excluding hydrogens is 368 g/mol. The molecule has 4 aromatic rings. The van der Waals surface area contributed by atoms with Crippen LogP contribution in [0.4, 0.5) is 0 Å². The Morgan fingerprint density at radius 3 is 2.70 bits per heavy atom. The third-order valence-corrected chi connectivity index (χ3v) is 4.16. The molecule has 27 heavy (non-hydrogen) atoms. The lowest BCUT2D eigenvalue weighted by Crippen LogP contribution is -2.07. The minimum absolute atomic E-state index is 0.332. The SMILES string of the molecule is C[C@@H](Oc1nnc(-c2ccncc2)n1C)c1nc(-c2cccc(Cl)c2)no1. The molecule has 0 unspecified atom stereocenters. The van der Waals surface area contributed by atoms with Gasteiger partial charge >= 0.3 is 6.01 Å². The number of benzene rings is 1. The van der Waals surface area contributed by atoms with Crippen LogP contribution in [0.15, 0.2) is 53.3 Å². The second-order valence-corrected chi connectivity index (χ2v) is 6.26. The van der Waals surface area contributed by atoms with Gasteiger partial charge in [0.15, 0.2) is 11.9 Å². The van der Waals surface area contributed by atoms with Crippen LogP contribution in [-0.2, 0) is 7.05 Å². The Hall–Kier alpha value is -3.26. The fraction of sp³-hybridized carbons (Fsp3) is 0.167. The van der Waals surface area contributed by atoms with Gasteiger partial charge in [-0.25, -0.2) is 0 Å². The number of hydrogen-bond acceptors (Lipinski definition) is 7. The van der Waals surface area contributed by atoms with Crippen LogP contribution in [0.1, 0.15) is 18.9 Å². The van der Waals surface area contributed by atoms with Crippen LogP contribution in [0.25, 0.3) is 22.8 Å². The third kappa shape index (κ3) is 3.52. The third-order valence-electron chi connectivity index (χ3n) is 3.93. The Balaban J connectivity index is 1.53. The van der Waals surface area contributed by atoms with Crippen molar-refractivity contribution in [1.29, 1.82) is 0 Å². The zero-order valence-electron chi connectivity index (χ0n) is 14.6. The van der Waals surface area contributed by atoms with Crippen LogP contribution in [0.5, 0.6) is 6.01 Å². The summed E-state index contributed by atoms with van der Waals surface area (Å²) in [4.78, 5) is 8.39. The van der Waals surface area contributed by atoms with Crippen molar-refractivity contribution in [2.45, 2.75) is 13.0 Å². The largest absolute Gasteiger partial charge is 0.450 e. The van der Waals surface area contributed by atoms with Crippen LogP contribution in [0, 0.1) is 0 Å². The van der Waals surface area contributed by atoms with Gasteiger partial charge in [-0.05, 0) is 31.2 Å². The van der Waals surface area contributed by atoms with Gasteiger partial charge in [0.2, 0.25) is 5.82 Å². The molecular formula is C18H15ClN6O2. The highest BCUT2D eigenvalue weighted by Crippen LogP contribution is 2.25. The fourth-order valence-corrected chi connectivity index (χ4v) is 2.71. The summed E-state index contributed by atoms with van der Waals surface area (Å²) in [7, 11) is 1.82. The fourth-order valence-electron chi connectivity index (χ4n) is 2.52. The lowest BCUT2D eigenvalue weighted by molar-refractivity contribution is 0.157. The molecule has 0 saturated carbocycles. The quantitative estimate of drug-likeness (QED) is 0.519. The van der Waals surface area contributed by atoms with E-state index >= 15 is 0 Å². The highest BCUT2D eigenvalue weighted by atomic mass is 35.5. The van der Waals surface area contributed by atoms with Crippen molar-refractivity contribution in [3.05, 3.63) is 59.7 Å². The molecule has 0 radical (unpaired) electrons. The van der Waals surface area contributed by atoms with Crippen LogP contribution < -0.4 is 4.74 Å². The van der Waals surface area contributed by atoms with Gasteiger partial charge in [0, 0.05) is 35.6 Å². The van der Waals surface area contributed by atoms with E-state index in [1.807, 2.05) is 31.3 Å². The normalized spacial score (nSPS) is 12.1. The first kappa shape index (κ1) is 17.2. The maximum Gasteiger partial charge on any atom is 0.317 e. The highest BCUT2D eigenvalue weighted by molar-refractivity contribution is 6.30. The first-order valence-electron chi connectivity index (χ1n) is 8.18. The van der Waals surface area contributed by atoms with Crippen molar-refractivity contribution in [2.24, 2.45) is 7.05 Å². The lowest BCUT2D eigenvalue weighted by atomic mass is 10.2. The first-order chi connectivity index (χ1) is 13.1. The molecule has 8 nitrogen and oxygen atoms in total. The van der Waals surface area contributed by atoms with E-state index in [2.05, 4.69) is 25.3 Å². The molecule has 0 saturated heterocycles. The van der Waals surface area contributed by atoms with Crippen molar-refractivity contribution in [3.63, 3.8) is 0 Å². The maximum atomic E-state index is 6.01. The molecule has 4 rings (SSSR count). The van der Waals surface area contributed by atoms with E-state index < -0.39 is 6.10 Å². The Morgan fingerprint density at radius 1 is 1.11 bits per heavy atom. The summed E-state index contributed by atoms with van der Waals surface area (Å²) in [6.07, 6.45) is 2.89. The van der Waals surface area contributed by atoms with Gasteiger partial charge in [0.25, 0.3) is 5.89 Å². The number of hydrogen-bond donors (Lipinski definition) is 0. The zero-order chi connectivity index (χ0) is 18.8. The van der Waals surface area contributed by atoms with Gasteiger partial charge in [0.1, 0.15) is 0 Å². The molecule has 136 valence electrons. The molecule has 0 aliphatic rings. The lowest BCUT2D eigenvalue weighted by Gasteiger charge is -2.09. The zero-order valence-corrected chi connectivity index (χ0v) is 15.3. The molecule has 1 aromatic carbocycles. The van der Waals surface area contributed by atoms with Gasteiger partial charge in [-0.2, -0.15) is 4.98 Å². The van der Waals surface area contributed by atoms with Crippen molar-refractivity contribution in [1.82, 2.24) is 29.9 Å². The number of halogens is 1. The van der Waals surface area contributed by atoms with E-state index in [1.54, 1.807) is 36.0 Å². The Morgan fingerprint density at radius 2 is 1.93 bits per heavy atom. The molecule has 0 aliphatic carbocycles. The Kier molecular flexibility index (Phi) is 4.55. The number of ether oxygens (including phenoxy) is 1. The molecule has 0 spiro atoms. The van der Waals surface area contributed by atoms with E-state index in [-0.39, 0.29) is 0 Å². The first-order valence-corrected chi connectivity index (χ1v) is 8.55. The number of nitrogens with zero attached hydrogens (tertiary/aromatic N) is 6. The Bertz CT molecular complexity index is 1060. The summed E-state index contributed by atoms with van der Waals surface area (Å²) in [5.41, 5.74) is 1.66. The average molecular weight is 383 g/mol. The topological polar surface area (TPSA) is 91.8 Å². The number of rotatable bonds is 5. The second kappa shape index (κ2) is 7.16. The summed E-state index contributed by atoms with van der Waals surface area (Å²) in [5, 5.41) is 12.9. The number of pyridine rings is 1. The predicted molar refractivity (Wildman–Crippen MR) is 98.0 cm³/mol. The predicted octanol–water partition coefficient (Wildman–Crippen LogP) is 3.72. The smallest absolute Gasteiger partial charge is 0.317 e. The summed E-state index contributed by atoms with van der Waals surface area (Å²) < 4.78 is 12.9. The second-order valence-electron chi connectivity index (χ2n) is 5.83. The van der Waals surface area contributed by atoms with Gasteiger partial charge in [-0.15, -0.1) is 5.10 Å². The van der Waals surface area contributed by atoms with Crippen molar-refractivity contribution in [3.8, 4) is 28.8 Å². The molecule has 0 amide bonds. The highest BCUT2D eigenvalue weighted by Gasteiger charge is 2.20. The molecule has 0 aliphatic heterocycles. The van der Waals surface area contributed by atoms with E-state index in [0.717, 1.165) is 11.1 Å². The van der Waals surface area contributed by atoms with E-state index in [9.17, 15) is 0 Å². The van der Waals surface area contributed by atoms with Crippen LogP contribution in [0.2, 0.25) is 5.02 Å². The summed E-state index contributed by atoms with van der Waals surface area (Å²) in [6.45, 7) is 1.80. The van der Waals surface area contributed by atoms with Gasteiger partial charge in [-0.1, -0.05) is 34.0 Å². The van der Waals surface area contributed by atoms with Crippen LogP contribution in [0.3, 0.4) is 0 Å². The standard InChI is InChI=1S/C18H15ClN6O2/c1-11(17-21-15(24-27-17)13-4-3-5-14(19)10-13)26-18-23-22-16(25(18)2)12-6-8-20-9-7-12/h3-11H,1-2H3/t11-/m1/s1. The van der Waals surface area contributed by atoms with Gasteiger partial charge in [0.05, 0.1) is 0 Å². The molecule has 1 atom stereocenters. The molecule has 3 heterocycles. The van der Waals surface area contributed by atoms with E-state index in [4.69, 9.17) is 20.9 Å². The Labute approximate surface area is 159 Å². The van der Waals surface area contributed by atoms with Crippen molar-refractivity contribution in [2.75, 3.05) is 0 Å². The number of aromatic nitrogens is 6. The molecule has 0 N–H and O–H groups in total. The molecule has 9 heteroatoms.